The van der Waals surface area contributed by atoms with Crippen molar-refractivity contribution in [3.05, 3.63) is 28.2 Å². The van der Waals surface area contributed by atoms with Crippen LogP contribution >= 0.6 is 34.8 Å². The van der Waals surface area contributed by atoms with E-state index >= 15 is 0 Å². The van der Waals surface area contributed by atoms with Crippen molar-refractivity contribution in [3.63, 3.8) is 0 Å². The fourth-order valence-electron chi connectivity index (χ4n) is 1.31. The van der Waals surface area contributed by atoms with Gasteiger partial charge in [0.2, 0.25) is 0 Å². The molecule has 0 heterocycles. The zero-order chi connectivity index (χ0) is 12.0. The normalized spacial score (nSPS) is 12.5. The molecule has 1 atom stereocenters. The quantitative estimate of drug-likeness (QED) is 0.665. The molecule has 0 N–H and O–H groups in total. The topological polar surface area (TPSA) is 9.23 Å². The Bertz CT molecular complexity index is 308. The van der Waals surface area contributed by atoms with E-state index in [2.05, 4.69) is 6.92 Å². The molecule has 90 valence electrons. The van der Waals surface area contributed by atoms with Crippen LogP contribution in [0.15, 0.2) is 18.2 Å². The summed E-state index contributed by atoms with van der Waals surface area (Å²) in [6, 6.07) is 5.34. The predicted molar refractivity (Wildman–Crippen MR) is 71.1 cm³/mol. The van der Waals surface area contributed by atoms with Crippen molar-refractivity contribution < 1.29 is 4.74 Å². The highest BCUT2D eigenvalue weighted by atomic mass is 35.5. The van der Waals surface area contributed by atoms with Crippen LogP contribution in [0, 0.1) is 5.92 Å². The van der Waals surface area contributed by atoms with Crippen LogP contribution in [0.25, 0.3) is 0 Å². The van der Waals surface area contributed by atoms with Crippen molar-refractivity contribution in [3.8, 4) is 5.75 Å². The molecule has 0 aromatic heterocycles. The maximum absolute atomic E-state index is 5.98. The third-order valence-electron chi connectivity index (χ3n) is 2.38. The molecule has 1 aromatic rings. The molecule has 0 amide bonds. The number of alkyl halides is 1. The van der Waals surface area contributed by atoms with Crippen molar-refractivity contribution in [2.75, 3.05) is 12.5 Å². The summed E-state index contributed by atoms with van der Waals surface area (Å²) in [5.41, 5.74) is 0. The molecule has 16 heavy (non-hydrogen) atoms. The SMILES string of the molecule is CC(CCCl)CCOc1c(Cl)cccc1Cl. The van der Waals surface area contributed by atoms with Gasteiger partial charge in [0.1, 0.15) is 0 Å². The zero-order valence-corrected chi connectivity index (χ0v) is 11.4. The molecular weight excluding hydrogens is 266 g/mol. The summed E-state index contributed by atoms with van der Waals surface area (Å²) < 4.78 is 5.58. The van der Waals surface area contributed by atoms with Crippen LogP contribution < -0.4 is 4.74 Å². The number of hydrogen-bond acceptors (Lipinski definition) is 1. The van der Waals surface area contributed by atoms with Crippen LogP contribution in [0.1, 0.15) is 19.8 Å². The lowest BCUT2D eigenvalue weighted by Crippen LogP contribution is -2.05. The minimum Gasteiger partial charge on any atom is -0.490 e. The second-order valence-corrected chi connectivity index (χ2v) is 4.96. The highest BCUT2D eigenvalue weighted by Crippen LogP contribution is 2.32. The molecule has 1 nitrogen and oxygen atoms in total. The summed E-state index contributed by atoms with van der Waals surface area (Å²) in [7, 11) is 0. The Morgan fingerprint density at radius 1 is 1.19 bits per heavy atom. The number of benzene rings is 1. The Kier molecular flexibility index (Phi) is 6.33. The van der Waals surface area contributed by atoms with Gasteiger partial charge < -0.3 is 4.74 Å². The number of para-hydroxylation sites is 1. The molecule has 4 heteroatoms. The smallest absolute Gasteiger partial charge is 0.156 e. The Labute approximate surface area is 112 Å². The van der Waals surface area contributed by atoms with E-state index < -0.39 is 0 Å². The Balaban J connectivity index is 2.43. The van der Waals surface area contributed by atoms with Gasteiger partial charge >= 0.3 is 0 Å². The Morgan fingerprint density at radius 3 is 2.38 bits per heavy atom. The van der Waals surface area contributed by atoms with Crippen molar-refractivity contribution in [1.29, 1.82) is 0 Å². The average Bonchev–Trinajstić information content (AvgIpc) is 2.23. The summed E-state index contributed by atoms with van der Waals surface area (Å²) in [5.74, 6) is 1.82. The highest BCUT2D eigenvalue weighted by molar-refractivity contribution is 6.37. The van der Waals surface area contributed by atoms with Gasteiger partial charge in [-0.25, -0.2) is 0 Å². The van der Waals surface area contributed by atoms with E-state index in [0.29, 0.717) is 34.2 Å². The summed E-state index contributed by atoms with van der Waals surface area (Å²) >= 11 is 17.6. The maximum Gasteiger partial charge on any atom is 0.156 e. The molecule has 0 aliphatic rings. The van der Waals surface area contributed by atoms with Crippen molar-refractivity contribution in [2.45, 2.75) is 19.8 Å². The third kappa shape index (κ3) is 4.40. The second-order valence-electron chi connectivity index (χ2n) is 3.77. The van der Waals surface area contributed by atoms with Crippen LogP contribution in [-0.4, -0.2) is 12.5 Å². The molecule has 0 radical (unpaired) electrons. The van der Waals surface area contributed by atoms with Crippen LogP contribution in [0.3, 0.4) is 0 Å². The number of hydrogen-bond donors (Lipinski definition) is 0. The molecule has 1 rings (SSSR count). The lowest BCUT2D eigenvalue weighted by molar-refractivity contribution is 0.282. The van der Waals surface area contributed by atoms with E-state index in [4.69, 9.17) is 39.5 Å². The molecule has 0 bridgehead atoms. The van der Waals surface area contributed by atoms with Gasteiger partial charge in [0.15, 0.2) is 5.75 Å². The first-order valence-corrected chi connectivity index (χ1v) is 6.57. The molecule has 0 aliphatic carbocycles. The fraction of sp³-hybridized carbons (Fsp3) is 0.500. The first kappa shape index (κ1) is 14.0. The summed E-state index contributed by atoms with van der Waals surface area (Å²) in [6.07, 6.45) is 1.95. The largest absolute Gasteiger partial charge is 0.490 e. The van der Waals surface area contributed by atoms with E-state index in [1.807, 2.05) is 0 Å². The molecule has 1 aromatic carbocycles. The van der Waals surface area contributed by atoms with E-state index in [-0.39, 0.29) is 0 Å². The number of ether oxygens (including phenoxy) is 1. The molecule has 0 spiro atoms. The van der Waals surface area contributed by atoms with E-state index in [9.17, 15) is 0 Å². The van der Waals surface area contributed by atoms with Crippen LogP contribution in [-0.2, 0) is 0 Å². The van der Waals surface area contributed by atoms with E-state index in [1.54, 1.807) is 18.2 Å². The van der Waals surface area contributed by atoms with Gasteiger partial charge in [0.25, 0.3) is 0 Å². The molecule has 0 saturated carbocycles. The van der Waals surface area contributed by atoms with Gasteiger partial charge in [-0.15, -0.1) is 11.6 Å². The van der Waals surface area contributed by atoms with Gasteiger partial charge in [0.05, 0.1) is 16.7 Å². The Hall–Kier alpha value is -0.110. The minimum absolute atomic E-state index is 0.553. The average molecular weight is 282 g/mol. The van der Waals surface area contributed by atoms with Gasteiger partial charge in [0, 0.05) is 5.88 Å². The van der Waals surface area contributed by atoms with Crippen LogP contribution in [0.2, 0.25) is 10.0 Å². The van der Waals surface area contributed by atoms with Gasteiger partial charge in [-0.3, -0.25) is 0 Å². The molecule has 0 saturated heterocycles. The maximum atomic E-state index is 5.98. The zero-order valence-electron chi connectivity index (χ0n) is 9.18. The summed E-state index contributed by atoms with van der Waals surface area (Å²) in [5, 5.41) is 1.11. The third-order valence-corrected chi connectivity index (χ3v) is 3.19. The standard InChI is InChI=1S/C12H15Cl3O/c1-9(5-7-13)6-8-16-12-10(14)3-2-4-11(12)15/h2-4,9H,5-8H2,1H3. The lowest BCUT2D eigenvalue weighted by Gasteiger charge is -2.12. The predicted octanol–water partition coefficient (Wildman–Crippen LogP) is 5.03. The number of rotatable bonds is 6. The molecule has 1 unspecified atom stereocenters. The highest BCUT2D eigenvalue weighted by Gasteiger charge is 2.07. The first-order chi connectivity index (χ1) is 7.65. The summed E-state index contributed by atoms with van der Waals surface area (Å²) in [4.78, 5) is 0. The van der Waals surface area contributed by atoms with Crippen molar-refractivity contribution in [1.82, 2.24) is 0 Å². The summed E-state index contributed by atoms with van der Waals surface area (Å²) in [6.45, 7) is 2.77. The lowest BCUT2D eigenvalue weighted by atomic mass is 10.1. The van der Waals surface area contributed by atoms with Crippen molar-refractivity contribution in [2.24, 2.45) is 5.92 Å². The fourth-order valence-corrected chi connectivity index (χ4v) is 2.19. The molecular formula is C12H15Cl3O. The van der Waals surface area contributed by atoms with Gasteiger partial charge in [-0.1, -0.05) is 36.2 Å². The first-order valence-electron chi connectivity index (χ1n) is 5.28. The number of halogens is 3. The van der Waals surface area contributed by atoms with Crippen LogP contribution in [0.4, 0.5) is 0 Å². The monoisotopic (exact) mass is 280 g/mol. The van der Waals surface area contributed by atoms with Crippen molar-refractivity contribution >= 4 is 34.8 Å². The Morgan fingerprint density at radius 2 is 1.81 bits per heavy atom. The molecule has 0 aliphatic heterocycles. The second kappa shape index (κ2) is 7.26. The van der Waals surface area contributed by atoms with Gasteiger partial charge in [-0.05, 0) is 30.9 Å². The van der Waals surface area contributed by atoms with E-state index in [0.717, 1.165) is 12.8 Å². The van der Waals surface area contributed by atoms with Gasteiger partial charge in [-0.2, -0.15) is 0 Å². The van der Waals surface area contributed by atoms with Crippen LogP contribution in [0.5, 0.6) is 5.75 Å². The van der Waals surface area contributed by atoms with E-state index in [1.165, 1.54) is 0 Å². The molecule has 0 fully saturated rings. The minimum atomic E-state index is 0.553.